The number of nitrogens with zero attached hydrogens (tertiary/aromatic N) is 2. The summed E-state index contributed by atoms with van der Waals surface area (Å²) in [7, 11) is 1.71. The maximum Gasteiger partial charge on any atom is 0.274 e. The maximum atomic E-state index is 12.6. The molecule has 2 N–H and O–H groups in total. The van der Waals surface area contributed by atoms with Crippen molar-refractivity contribution < 1.29 is 4.79 Å². The molecule has 2 aromatic heterocycles. The molecule has 0 aliphatic carbocycles. The molecular weight excluding hydrogens is 348 g/mol. The van der Waals surface area contributed by atoms with Crippen LogP contribution in [0.4, 0.5) is 0 Å². The lowest BCUT2D eigenvalue weighted by molar-refractivity contribution is 0.0957. The van der Waals surface area contributed by atoms with E-state index >= 15 is 0 Å². The first kappa shape index (κ1) is 18.3. The van der Waals surface area contributed by atoms with Crippen LogP contribution >= 0.6 is 11.8 Å². The number of thioether (sulfide) groups is 1. The maximum absolute atomic E-state index is 12.6. The number of hydrogen-bond acceptors (Lipinski definition) is 4. The van der Waals surface area contributed by atoms with Gasteiger partial charge in [-0.1, -0.05) is 6.07 Å². The van der Waals surface area contributed by atoms with Crippen LogP contribution < -0.4 is 10.9 Å². The number of amides is 1. The molecule has 3 aromatic rings. The van der Waals surface area contributed by atoms with Gasteiger partial charge in [-0.05, 0) is 50.1 Å². The number of pyridine rings is 1. The van der Waals surface area contributed by atoms with Crippen LogP contribution in [0.1, 0.15) is 27.2 Å². The summed E-state index contributed by atoms with van der Waals surface area (Å²) >= 11 is 1.70. The fraction of sp³-hybridized carbons (Fsp3) is 0.316. The first-order valence-electron chi connectivity index (χ1n) is 8.41. The molecule has 26 heavy (non-hydrogen) atoms. The molecule has 0 aliphatic heterocycles. The van der Waals surface area contributed by atoms with E-state index in [2.05, 4.69) is 47.4 Å². The Kier molecular flexibility index (Phi) is 5.18. The number of rotatable bonds is 5. The molecule has 7 heteroatoms. The van der Waals surface area contributed by atoms with Gasteiger partial charge in [0.05, 0.1) is 10.9 Å². The van der Waals surface area contributed by atoms with Crippen molar-refractivity contribution in [3.05, 3.63) is 57.0 Å². The first-order chi connectivity index (χ1) is 12.4. The van der Waals surface area contributed by atoms with Gasteiger partial charge in [0.15, 0.2) is 5.65 Å². The minimum absolute atomic E-state index is 0.252. The number of H-pyrrole nitrogens is 1. The predicted molar refractivity (Wildman–Crippen MR) is 105 cm³/mol. The number of fused-ring (bicyclic) bond motifs is 1. The van der Waals surface area contributed by atoms with E-state index < -0.39 is 0 Å². The highest BCUT2D eigenvalue weighted by molar-refractivity contribution is 7.99. The Morgan fingerprint density at radius 2 is 2.00 bits per heavy atom. The summed E-state index contributed by atoms with van der Waals surface area (Å²) < 4.78 is 1.54. The lowest BCUT2D eigenvalue weighted by atomic mass is 10.1. The summed E-state index contributed by atoms with van der Waals surface area (Å²) in [4.78, 5) is 30.2. The van der Waals surface area contributed by atoms with Gasteiger partial charge in [-0.15, -0.1) is 11.8 Å². The number of aryl methyl sites for hydroxylation is 4. The second kappa shape index (κ2) is 7.37. The number of carbonyl (C=O) groups is 1. The largest absolute Gasteiger partial charge is 0.351 e. The van der Waals surface area contributed by atoms with Gasteiger partial charge in [0.25, 0.3) is 11.5 Å². The van der Waals surface area contributed by atoms with Crippen molar-refractivity contribution in [3.63, 3.8) is 0 Å². The molecule has 0 aliphatic rings. The lowest BCUT2D eigenvalue weighted by Crippen LogP contribution is -2.27. The second-order valence-electron chi connectivity index (χ2n) is 6.36. The van der Waals surface area contributed by atoms with E-state index in [4.69, 9.17) is 0 Å². The Bertz CT molecular complexity index is 1040. The van der Waals surface area contributed by atoms with Crippen molar-refractivity contribution in [2.75, 3.05) is 12.3 Å². The average Bonchev–Trinajstić information content (AvgIpc) is 2.88. The SMILES string of the molecule is Cc1cc(C(=O)NCCSc2ccc(C)c(C)c2)c2c(=O)[nH]n(C)c2n1. The minimum atomic E-state index is -0.301. The Balaban J connectivity index is 1.68. The van der Waals surface area contributed by atoms with E-state index in [1.807, 2.05) is 6.92 Å². The summed E-state index contributed by atoms with van der Waals surface area (Å²) in [6.07, 6.45) is 0. The highest BCUT2D eigenvalue weighted by atomic mass is 32.2. The number of carbonyl (C=O) groups excluding carboxylic acids is 1. The molecule has 0 saturated heterocycles. The Hall–Kier alpha value is -2.54. The van der Waals surface area contributed by atoms with E-state index in [0.717, 1.165) is 5.75 Å². The molecule has 0 saturated carbocycles. The molecule has 0 spiro atoms. The zero-order chi connectivity index (χ0) is 18.8. The van der Waals surface area contributed by atoms with Crippen molar-refractivity contribution in [1.82, 2.24) is 20.1 Å². The molecule has 2 heterocycles. The highest BCUT2D eigenvalue weighted by Crippen LogP contribution is 2.20. The number of nitrogens with one attached hydrogen (secondary N) is 2. The molecule has 6 nitrogen and oxygen atoms in total. The third-order valence-electron chi connectivity index (χ3n) is 4.32. The normalized spacial score (nSPS) is 11.1. The molecular formula is C19H22N4O2S. The second-order valence-corrected chi connectivity index (χ2v) is 7.53. The third-order valence-corrected chi connectivity index (χ3v) is 5.32. The Morgan fingerprint density at radius 3 is 2.73 bits per heavy atom. The minimum Gasteiger partial charge on any atom is -0.351 e. The van der Waals surface area contributed by atoms with Crippen LogP contribution in [0.2, 0.25) is 0 Å². The fourth-order valence-corrected chi connectivity index (χ4v) is 3.66. The van der Waals surface area contributed by atoms with Gasteiger partial charge in [-0.3, -0.25) is 19.4 Å². The summed E-state index contributed by atoms with van der Waals surface area (Å²) in [6, 6.07) is 8.01. The molecule has 1 aromatic carbocycles. The van der Waals surface area contributed by atoms with Gasteiger partial charge in [0.1, 0.15) is 0 Å². The summed E-state index contributed by atoms with van der Waals surface area (Å²) in [5, 5.41) is 5.88. The van der Waals surface area contributed by atoms with Crippen LogP contribution in [0.3, 0.4) is 0 Å². The zero-order valence-electron chi connectivity index (χ0n) is 15.3. The van der Waals surface area contributed by atoms with Crippen LogP contribution in [-0.2, 0) is 7.05 Å². The van der Waals surface area contributed by atoms with Gasteiger partial charge in [0.2, 0.25) is 0 Å². The quantitative estimate of drug-likeness (QED) is 0.535. The van der Waals surface area contributed by atoms with Gasteiger partial charge < -0.3 is 5.32 Å². The molecule has 0 radical (unpaired) electrons. The molecule has 0 bridgehead atoms. The van der Waals surface area contributed by atoms with Gasteiger partial charge >= 0.3 is 0 Å². The van der Waals surface area contributed by atoms with E-state index in [1.165, 1.54) is 20.7 Å². The van der Waals surface area contributed by atoms with Crippen LogP contribution in [0, 0.1) is 20.8 Å². The number of benzene rings is 1. The topological polar surface area (TPSA) is 79.8 Å². The van der Waals surface area contributed by atoms with Gasteiger partial charge in [-0.2, -0.15) is 0 Å². The van der Waals surface area contributed by atoms with Crippen LogP contribution in [0.25, 0.3) is 11.0 Å². The van der Waals surface area contributed by atoms with Crippen molar-refractivity contribution in [1.29, 1.82) is 0 Å². The summed E-state index contributed by atoms with van der Waals surface area (Å²) in [5.41, 5.74) is 3.78. The van der Waals surface area contributed by atoms with E-state index in [0.29, 0.717) is 28.8 Å². The Labute approximate surface area is 156 Å². The van der Waals surface area contributed by atoms with Crippen molar-refractivity contribution >= 4 is 28.7 Å². The van der Waals surface area contributed by atoms with Crippen LogP contribution in [-0.4, -0.2) is 33.0 Å². The number of aromatic nitrogens is 3. The predicted octanol–water partition coefficient (Wildman–Crippen LogP) is 2.71. The Morgan fingerprint density at radius 1 is 1.23 bits per heavy atom. The molecule has 0 unspecified atom stereocenters. The molecule has 3 rings (SSSR count). The van der Waals surface area contributed by atoms with E-state index in [1.54, 1.807) is 24.9 Å². The first-order valence-corrected chi connectivity index (χ1v) is 9.40. The highest BCUT2D eigenvalue weighted by Gasteiger charge is 2.17. The molecule has 0 atom stereocenters. The molecule has 136 valence electrons. The number of hydrogen-bond donors (Lipinski definition) is 2. The van der Waals surface area contributed by atoms with Crippen molar-refractivity contribution in [3.8, 4) is 0 Å². The summed E-state index contributed by atoms with van der Waals surface area (Å²) in [6.45, 7) is 6.51. The van der Waals surface area contributed by atoms with Gasteiger partial charge in [0, 0.05) is 29.9 Å². The average molecular weight is 370 g/mol. The lowest BCUT2D eigenvalue weighted by Gasteiger charge is -2.08. The zero-order valence-corrected chi connectivity index (χ0v) is 16.2. The van der Waals surface area contributed by atoms with E-state index in [-0.39, 0.29) is 11.5 Å². The number of aromatic amines is 1. The summed E-state index contributed by atoms with van der Waals surface area (Å²) in [5.74, 6) is 0.505. The smallest absolute Gasteiger partial charge is 0.274 e. The van der Waals surface area contributed by atoms with Crippen LogP contribution in [0.5, 0.6) is 0 Å². The molecule has 1 amide bonds. The van der Waals surface area contributed by atoms with Crippen molar-refractivity contribution in [2.45, 2.75) is 25.7 Å². The van der Waals surface area contributed by atoms with Gasteiger partial charge in [-0.25, -0.2) is 4.98 Å². The van der Waals surface area contributed by atoms with E-state index in [9.17, 15) is 9.59 Å². The van der Waals surface area contributed by atoms with Crippen LogP contribution in [0.15, 0.2) is 34.0 Å². The third kappa shape index (κ3) is 3.67. The van der Waals surface area contributed by atoms with Crippen molar-refractivity contribution in [2.24, 2.45) is 7.05 Å². The molecule has 0 fully saturated rings. The monoisotopic (exact) mass is 370 g/mol. The standard InChI is InChI=1S/C19H22N4O2S/c1-11-5-6-14(9-12(11)2)26-8-7-20-18(24)15-10-13(3)21-17-16(15)19(25)22-23(17)4/h5-6,9-10H,7-8H2,1-4H3,(H,20,24)(H,22,25). The fourth-order valence-electron chi connectivity index (χ4n) is 2.80.